The van der Waals surface area contributed by atoms with Crippen LogP contribution in [0.4, 0.5) is 18.9 Å². The van der Waals surface area contributed by atoms with Gasteiger partial charge >= 0.3 is 0 Å². The van der Waals surface area contributed by atoms with E-state index in [2.05, 4.69) is 10.2 Å². The third-order valence-corrected chi connectivity index (χ3v) is 5.43. The van der Waals surface area contributed by atoms with E-state index in [9.17, 15) is 18.0 Å². The molecule has 1 atom stereocenters. The van der Waals surface area contributed by atoms with E-state index in [4.69, 9.17) is 0 Å². The van der Waals surface area contributed by atoms with Crippen LogP contribution in [0.25, 0.3) is 0 Å². The number of hydrogen-bond acceptors (Lipinski definition) is 3. The standard InChI is InChI=1S/C22H15F3N4O/c1-28-13(8-9-26-28)10-12-11-14-21(20-17(25)7-6-16(24)19(12)20)27-29(22(14)30)18-5-3-2-4-15(18)23/h2-9,11-12H,10H2,1H3. The minimum Gasteiger partial charge on any atom is -0.273 e. The molecular weight excluding hydrogens is 393 g/mol. The summed E-state index contributed by atoms with van der Waals surface area (Å²) in [5.41, 5.74) is 0.947. The van der Waals surface area contributed by atoms with Gasteiger partial charge in [0.25, 0.3) is 5.91 Å². The van der Waals surface area contributed by atoms with Crippen LogP contribution in [0.2, 0.25) is 0 Å². The Bertz CT molecular complexity index is 1260. The lowest BCUT2D eigenvalue weighted by atomic mass is 9.80. The van der Waals surface area contributed by atoms with Gasteiger partial charge in [-0.15, -0.1) is 0 Å². The highest BCUT2D eigenvalue weighted by Gasteiger charge is 2.41. The molecule has 5 nitrogen and oxygen atoms in total. The molecule has 2 aliphatic rings. The van der Waals surface area contributed by atoms with Crippen molar-refractivity contribution in [2.75, 3.05) is 5.01 Å². The number of carbonyl (C=O) groups excluding carboxylic acids is 1. The van der Waals surface area contributed by atoms with E-state index in [0.29, 0.717) is 6.42 Å². The monoisotopic (exact) mass is 408 g/mol. The maximum atomic E-state index is 14.9. The van der Waals surface area contributed by atoms with Crippen LogP contribution in [0, 0.1) is 17.5 Å². The number of hydrazone groups is 1. The van der Waals surface area contributed by atoms with Gasteiger partial charge < -0.3 is 0 Å². The molecule has 1 unspecified atom stereocenters. The van der Waals surface area contributed by atoms with Crippen LogP contribution < -0.4 is 5.01 Å². The maximum absolute atomic E-state index is 14.9. The van der Waals surface area contributed by atoms with Crippen LogP contribution >= 0.6 is 0 Å². The fourth-order valence-electron chi connectivity index (χ4n) is 3.98. The predicted molar refractivity (Wildman–Crippen MR) is 105 cm³/mol. The van der Waals surface area contributed by atoms with Gasteiger partial charge in [-0.05, 0) is 36.8 Å². The quantitative estimate of drug-likeness (QED) is 0.661. The molecule has 2 aromatic carbocycles. The minimum atomic E-state index is -0.686. The third kappa shape index (κ3) is 2.67. The molecule has 0 saturated heterocycles. The number of fused-ring (bicyclic) bond motifs is 3. The summed E-state index contributed by atoms with van der Waals surface area (Å²) >= 11 is 0. The van der Waals surface area contributed by atoms with Crippen molar-refractivity contribution in [2.45, 2.75) is 12.3 Å². The number of hydrogen-bond donors (Lipinski definition) is 0. The number of allylic oxidation sites excluding steroid dienone is 1. The summed E-state index contributed by atoms with van der Waals surface area (Å²) in [7, 11) is 1.75. The van der Waals surface area contributed by atoms with Gasteiger partial charge in [0, 0.05) is 36.0 Å². The Hall–Kier alpha value is -3.68. The summed E-state index contributed by atoms with van der Waals surface area (Å²) in [6.45, 7) is 0. The lowest BCUT2D eigenvalue weighted by Crippen LogP contribution is -2.25. The van der Waals surface area contributed by atoms with Crippen LogP contribution in [0.5, 0.6) is 0 Å². The molecule has 5 rings (SSSR count). The molecule has 0 fully saturated rings. The molecule has 150 valence electrons. The van der Waals surface area contributed by atoms with Crippen molar-refractivity contribution in [3.05, 3.63) is 94.6 Å². The van der Waals surface area contributed by atoms with Crippen molar-refractivity contribution in [1.82, 2.24) is 9.78 Å². The van der Waals surface area contributed by atoms with Crippen LogP contribution in [0.1, 0.15) is 22.7 Å². The molecule has 30 heavy (non-hydrogen) atoms. The number of nitrogens with zero attached hydrogens (tertiary/aromatic N) is 4. The Morgan fingerprint density at radius 1 is 1.00 bits per heavy atom. The fraction of sp³-hybridized carbons (Fsp3) is 0.136. The topological polar surface area (TPSA) is 50.5 Å². The summed E-state index contributed by atoms with van der Waals surface area (Å²) < 4.78 is 45.6. The second-order valence-electron chi connectivity index (χ2n) is 7.17. The first-order valence-corrected chi connectivity index (χ1v) is 9.30. The van der Waals surface area contributed by atoms with E-state index < -0.39 is 29.3 Å². The summed E-state index contributed by atoms with van der Waals surface area (Å²) in [4.78, 5) is 13.1. The van der Waals surface area contributed by atoms with Gasteiger partial charge in [-0.3, -0.25) is 9.48 Å². The molecule has 0 bridgehead atoms. The Labute approximate surface area is 169 Å². The number of aryl methyl sites for hydroxylation is 1. The van der Waals surface area contributed by atoms with Crippen LogP contribution in [-0.4, -0.2) is 21.4 Å². The van der Waals surface area contributed by atoms with Crippen LogP contribution in [0.15, 0.2) is 65.4 Å². The Kier molecular flexibility index (Phi) is 4.09. The minimum absolute atomic E-state index is 0.0107. The number of anilines is 1. The third-order valence-electron chi connectivity index (χ3n) is 5.43. The SMILES string of the molecule is Cn1nccc1CC1C=C2C(=O)N(c3ccccc3F)N=C2c2c(F)ccc(F)c21. The lowest BCUT2D eigenvalue weighted by Gasteiger charge is -2.23. The van der Waals surface area contributed by atoms with Crippen molar-refractivity contribution in [1.29, 1.82) is 0 Å². The first-order valence-electron chi connectivity index (χ1n) is 9.30. The van der Waals surface area contributed by atoms with Crippen molar-refractivity contribution in [3.8, 4) is 0 Å². The van der Waals surface area contributed by atoms with Gasteiger partial charge in [-0.25, -0.2) is 13.2 Å². The number of rotatable bonds is 3. The summed E-state index contributed by atoms with van der Waals surface area (Å²) in [5.74, 6) is -3.10. The average Bonchev–Trinajstić information content (AvgIpc) is 3.28. The summed E-state index contributed by atoms with van der Waals surface area (Å²) in [6, 6.07) is 9.53. The molecule has 1 aliphatic heterocycles. The molecule has 0 N–H and O–H groups in total. The normalized spacial score (nSPS) is 17.5. The number of para-hydroxylation sites is 1. The highest BCUT2D eigenvalue weighted by atomic mass is 19.1. The lowest BCUT2D eigenvalue weighted by molar-refractivity contribution is -0.114. The van der Waals surface area contributed by atoms with Gasteiger partial charge in [0.15, 0.2) is 0 Å². The van der Waals surface area contributed by atoms with Crippen molar-refractivity contribution in [3.63, 3.8) is 0 Å². The zero-order chi connectivity index (χ0) is 21.0. The molecular formula is C22H15F3N4O. The zero-order valence-corrected chi connectivity index (χ0v) is 15.8. The second-order valence-corrected chi connectivity index (χ2v) is 7.17. The molecule has 1 amide bonds. The number of amides is 1. The largest absolute Gasteiger partial charge is 0.280 e. The molecule has 0 radical (unpaired) electrons. The number of halogens is 3. The predicted octanol–water partition coefficient (Wildman–Crippen LogP) is 3.85. The second kappa shape index (κ2) is 6.69. The Morgan fingerprint density at radius 3 is 2.50 bits per heavy atom. The van der Waals surface area contributed by atoms with E-state index in [1.165, 1.54) is 18.2 Å². The van der Waals surface area contributed by atoms with Crippen molar-refractivity contribution in [2.24, 2.45) is 12.1 Å². The Balaban J connectivity index is 1.68. The van der Waals surface area contributed by atoms with Gasteiger partial charge in [0.05, 0.1) is 5.57 Å². The van der Waals surface area contributed by atoms with E-state index in [-0.39, 0.29) is 28.1 Å². The highest BCUT2D eigenvalue weighted by Crippen LogP contribution is 2.40. The number of benzene rings is 2. The van der Waals surface area contributed by atoms with Gasteiger partial charge in [-0.2, -0.15) is 15.2 Å². The molecule has 0 spiro atoms. The van der Waals surface area contributed by atoms with Gasteiger partial charge in [-0.1, -0.05) is 18.2 Å². The Morgan fingerprint density at radius 2 is 1.77 bits per heavy atom. The van der Waals surface area contributed by atoms with Crippen molar-refractivity contribution >= 4 is 17.3 Å². The maximum Gasteiger partial charge on any atom is 0.280 e. The molecule has 1 aliphatic carbocycles. The molecule has 8 heteroatoms. The molecule has 2 heterocycles. The first-order chi connectivity index (χ1) is 14.5. The summed E-state index contributed by atoms with van der Waals surface area (Å²) in [6.07, 6.45) is 3.51. The molecule has 0 saturated carbocycles. The van der Waals surface area contributed by atoms with Crippen LogP contribution in [-0.2, 0) is 18.3 Å². The fourth-order valence-corrected chi connectivity index (χ4v) is 3.98. The summed E-state index contributed by atoms with van der Waals surface area (Å²) in [5, 5.41) is 9.19. The van der Waals surface area contributed by atoms with E-state index in [1.807, 2.05) is 0 Å². The smallest absolute Gasteiger partial charge is 0.273 e. The van der Waals surface area contributed by atoms with E-state index in [0.717, 1.165) is 22.8 Å². The van der Waals surface area contributed by atoms with E-state index in [1.54, 1.807) is 36.1 Å². The molecule has 1 aromatic heterocycles. The average molecular weight is 408 g/mol. The first kappa shape index (κ1) is 18.4. The van der Waals surface area contributed by atoms with Crippen LogP contribution in [0.3, 0.4) is 0 Å². The van der Waals surface area contributed by atoms with Gasteiger partial charge in [0.1, 0.15) is 28.9 Å². The zero-order valence-electron chi connectivity index (χ0n) is 15.8. The molecule has 3 aromatic rings. The van der Waals surface area contributed by atoms with Crippen molar-refractivity contribution < 1.29 is 18.0 Å². The number of aromatic nitrogens is 2. The number of carbonyl (C=O) groups is 1. The van der Waals surface area contributed by atoms with E-state index >= 15 is 0 Å². The highest BCUT2D eigenvalue weighted by molar-refractivity contribution is 6.36. The van der Waals surface area contributed by atoms with Gasteiger partial charge in [0.2, 0.25) is 0 Å².